The van der Waals surface area contributed by atoms with Crippen LogP contribution in [0.2, 0.25) is 0 Å². The molecule has 0 saturated heterocycles. The minimum atomic E-state index is -1.22. The lowest BCUT2D eigenvalue weighted by molar-refractivity contribution is 0.233. The summed E-state index contributed by atoms with van der Waals surface area (Å²) in [6.45, 7) is 2.88. The summed E-state index contributed by atoms with van der Waals surface area (Å²) in [6.07, 6.45) is -1.22. The summed E-state index contributed by atoms with van der Waals surface area (Å²) in [7, 11) is 0. The number of hydrogen-bond acceptors (Lipinski definition) is 3. The Morgan fingerprint density at radius 1 is 1.88 bits per heavy atom. The molecule has 3 nitrogen and oxygen atoms in total. The molecule has 0 aliphatic heterocycles. The molecule has 0 aromatic heterocycles. The van der Waals surface area contributed by atoms with Crippen LogP contribution in [-0.4, -0.2) is 22.9 Å². The van der Waals surface area contributed by atoms with E-state index in [-0.39, 0.29) is 12.2 Å². The number of rotatable bonds is 2. The minimum absolute atomic E-state index is 0.132. The topological polar surface area (TPSA) is 64.2 Å². The molecule has 0 fully saturated rings. The third-order valence-electron chi connectivity index (χ3n) is 0.712. The Morgan fingerprint density at radius 3 is 2.50 bits per heavy atom. The van der Waals surface area contributed by atoms with Gasteiger partial charge >= 0.3 is 0 Å². The zero-order valence-electron chi connectivity index (χ0n) is 4.33. The lowest BCUT2D eigenvalue weighted by Crippen LogP contribution is -2.08. The molecule has 0 bridgehead atoms. The Bertz CT molecular complexity index is 125. The summed E-state index contributed by atoms with van der Waals surface area (Å²) in [6, 6.07) is 1.51. The maximum atomic E-state index is 8.51. The lowest BCUT2D eigenvalue weighted by Gasteiger charge is -1.98. The molecule has 0 heterocycles. The molecule has 0 radical (unpaired) electrons. The van der Waals surface area contributed by atoms with E-state index in [2.05, 4.69) is 6.58 Å². The van der Waals surface area contributed by atoms with Crippen LogP contribution < -0.4 is 0 Å². The zero-order valence-corrected chi connectivity index (χ0v) is 4.33. The monoisotopic (exact) mass is 113 g/mol. The third-order valence-corrected chi connectivity index (χ3v) is 0.712. The van der Waals surface area contributed by atoms with Crippen LogP contribution >= 0.6 is 0 Å². The zero-order chi connectivity index (χ0) is 6.57. The van der Waals surface area contributed by atoms with E-state index in [1.165, 1.54) is 6.07 Å². The Labute approximate surface area is 47.5 Å². The van der Waals surface area contributed by atoms with Crippen molar-refractivity contribution in [3.63, 3.8) is 0 Å². The standard InChI is InChI=1S/C5H7NO2/c1-4(3-7)5(8)2-6/h5,7-8H,1,3H2. The molecule has 0 aliphatic rings. The minimum Gasteiger partial charge on any atom is -0.392 e. The third kappa shape index (κ3) is 1.73. The average Bonchev–Trinajstić information content (AvgIpc) is 1.84. The highest BCUT2D eigenvalue weighted by Gasteiger charge is 2.02. The fourth-order valence-corrected chi connectivity index (χ4v) is 0.178. The van der Waals surface area contributed by atoms with E-state index in [0.717, 1.165) is 0 Å². The maximum absolute atomic E-state index is 8.51. The van der Waals surface area contributed by atoms with Crippen molar-refractivity contribution in [2.24, 2.45) is 0 Å². The predicted octanol–water partition coefficient (Wildman–Crippen LogP) is -0.581. The van der Waals surface area contributed by atoms with Gasteiger partial charge in [-0.05, 0) is 5.57 Å². The molecule has 1 unspecified atom stereocenters. The molecular weight excluding hydrogens is 106 g/mol. The molecule has 44 valence electrons. The Morgan fingerprint density at radius 2 is 2.38 bits per heavy atom. The van der Waals surface area contributed by atoms with Crippen LogP contribution in [0.25, 0.3) is 0 Å². The van der Waals surface area contributed by atoms with Crippen molar-refractivity contribution >= 4 is 0 Å². The maximum Gasteiger partial charge on any atom is 0.163 e. The summed E-state index contributed by atoms with van der Waals surface area (Å²) in [5.41, 5.74) is 0.132. The van der Waals surface area contributed by atoms with Gasteiger partial charge in [-0.15, -0.1) is 0 Å². The first-order chi connectivity index (χ1) is 3.72. The average molecular weight is 113 g/mol. The molecule has 0 aromatic carbocycles. The van der Waals surface area contributed by atoms with Crippen LogP contribution in [-0.2, 0) is 0 Å². The fourth-order valence-electron chi connectivity index (χ4n) is 0.178. The highest BCUT2D eigenvalue weighted by atomic mass is 16.3. The van der Waals surface area contributed by atoms with Crippen LogP contribution in [0.3, 0.4) is 0 Å². The van der Waals surface area contributed by atoms with Gasteiger partial charge in [0.25, 0.3) is 0 Å². The van der Waals surface area contributed by atoms with Gasteiger partial charge in [-0.25, -0.2) is 0 Å². The molecule has 0 spiro atoms. The second kappa shape index (κ2) is 3.19. The first kappa shape index (κ1) is 7.15. The molecule has 1 atom stereocenters. The van der Waals surface area contributed by atoms with Crippen LogP contribution in [0, 0.1) is 11.3 Å². The summed E-state index contributed by atoms with van der Waals surface area (Å²) >= 11 is 0. The summed E-state index contributed by atoms with van der Waals surface area (Å²) in [4.78, 5) is 0. The molecule has 0 rings (SSSR count). The summed E-state index contributed by atoms with van der Waals surface area (Å²) < 4.78 is 0. The van der Waals surface area contributed by atoms with Gasteiger partial charge in [-0.2, -0.15) is 5.26 Å². The molecule has 0 aromatic rings. The fraction of sp³-hybridized carbons (Fsp3) is 0.400. The van der Waals surface area contributed by atoms with Gasteiger partial charge in [0.05, 0.1) is 12.7 Å². The number of nitrogens with zero attached hydrogens (tertiary/aromatic N) is 1. The van der Waals surface area contributed by atoms with Gasteiger partial charge in [-0.3, -0.25) is 0 Å². The molecular formula is C5H7NO2. The highest BCUT2D eigenvalue weighted by Crippen LogP contribution is 1.93. The van der Waals surface area contributed by atoms with Crippen molar-refractivity contribution in [1.29, 1.82) is 5.26 Å². The van der Waals surface area contributed by atoms with Gasteiger partial charge in [0.15, 0.2) is 6.10 Å². The van der Waals surface area contributed by atoms with Gasteiger partial charge in [0, 0.05) is 0 Å². The number of hydrogen-bond donors (Lipinski definition) is 2. The summed E-state index contributed by atoms with van der Waals surface area (Å²) in [5.74, 6) is 0. The number of aliphatic hydroxyl groups is 2. The van der Waals surface area contributed by atoms with Gasteiger partial charge < -0.3 is 10.2 Å². The molecule has 2 N–H and O–H groups in total. The predicted molar refractivity (Wildman–Crippen MR) is 27.8 cm³/mol. The first-order valence-electron chi connectivity index (χ1n) is 2.08. The van der Waals surface area contributed by atoms with Crippen molar-refractivity contribution in [2.75, 3.05) is 6.61 Å². The SMILES string of the molecule is C=C(CO)C(O)C#N. The van der Waals surface area contributed by atoms with Crippen LogP contribution in [0.1, 0.15) is 0 Å². The van der Waals surface area contributed by atoms with Crippen molar-refractivity contribution in [3.05, 3.63) is 12.2 Å². The van der Waals surface area contributed by atoms with Crippen molar-refractivity contribution in [1.82, 2.24) is 0 Å². The molecule has 0 saturated carbocycles. The van der Waals surface area contributed by atoms with Crippen LogP contribution in [0.5, 0.6) is 0 Å². The molecule has 0 aliphatic carbocycles. The lowest BCUT2D eigenvalue weighted by atomic mass is 10.2. The van der Waals surface area contributed by atoms with E-state index in [1.54, 1.807) is 0 Å². The van der Waals surface area contributed by atoms with Gasteiger partial charge in [0.2, 0.25) is 0 Å². The van der Waals surface area contributed by atoms with E-state index in [0.29, 0.717) is 0 Å². The highest BCUT2D eigenvalue weighted by molar-refractivity contribution is 5.11. The Hall–Kier alpha value is -0.850. The van der Waals surface area contributed by atoms with Crippen LogP contribution in [0.15, 0.2) is 12.2 Å². The van der Waals surface area contributed by atoms with Gasteiger partial charge in [0.1, 0.15) is 0 Å². The van der Waals surface area contributed by atoms with E-state index >= 15 is 0 Å². The van der Waals surface area contributed by atoms with Crippen molar-refractivity contribution in [3.8, 4) is 6.07 Å². The molecule has 0 amide bonds. The quantitative estimate of drug-likeness (QED) is 0.372. The Balaban J connectivity index is 3.68. The Kier molecular flexibility index (Phi) is 2.85. The largest absolute Gasteiger partial charge is 0.392 e. The second-order valence-electron chi connectivity index (χ2n) is 1.35. The van der Waals surface area contributed by atoms with Crippen LogP contribution in [0.4, 0.5) is 0 Å². The van der Waals surface area contributed by atoms with E-state index in [4.69, 9.17) is 15.5 Å². The van der Waals surface area contributed by atoms with Gasteiger partial charge in [-0.1, -0.05) is 6.58 Å². The molecule has 8 heavy (non-hydrogen) atoms. The number of nitriles is 1. The summed E-state index contributed by atoms with van der Waals surface area (Å²) in [5, 5.41) is 24.7. The smallest absolute Gasteiger partial charge is 0.163 e. The van der Waals surface area contributed by atoms with E-state index in [1.807, 2.05) is 0 Å². The van der Waals surface area contributed by atoms with E-state index in [9.17, 15) is 0 Å². The number of aliphatic hydroxyl groups excluding tert-OH is 2. The van der Waals surface area contributed by atoms with Crippen molar-refractivity contribution < 1.29 is 10.2 Å². The van der Waals surface area contributed by atoms with E-state index < -0.39 is 6.10 Å². The molecule has 3 heteroatoms. The first-order valence-corrected chi connectivity index (χ1v) is 2.08. The van der Waals surface area contributed by atoms with Crippen molar-refractivity contribution in [2.45, 2.75) is 6.10 Å². The normalized spacial score (nSPS) is 12.1. The second-order valence-corrected chi connectivity index (χ2v) is 1.35.